The van der Waals surface area contributed by atoms with Crippen molar-refractivity contribution in [1.82, 2.24) is 4.90 Å². The van der Waals surface area contributed by atoms with Crippen molar-refractivity contribution in [3.8, 4) is 0 Å². The highest BCUT2D eigenvalue weighted by atomic mass is 16.4. The van der Waals surface area contributed by atoms with Crippen LogP contribution in [0.4, 0.5) is 11.4 Å². The summed E-state index contributed by atoms with van der Waals surface area (Å²) in [4.78, 5) is 38.5. The zero-order chi connectivity index (χ0) is 18.4. The molecule has 2 amide bonds. The van der Waals surface area contributed by atoms with E-state index < -0.39 is 12.0 Å². The first-order valence-electron chi connectivity index (χ1n) is 8.59. The molecular weight excluding hydrogens is 322 g/mol. The number of nitrogens with zero attached hydrogens (tertiary/aromatic N) is 2. The minimum atomic E-state index is -0.951. The largest absolute Gasteiger partial charge is 0.480 e. The molecule has 25 heavy (non-hydrogen) atoms. The summed E-state index contributed by atoms with van der Waals surface area (Å²) in [6, 6.07) is 6.59. The minimum Gasteiger partial charge on any atom is -0.480 e. The molecule has 0 saturated carbocycles. The van der Waals surface area contributed by atoms with Gasteiger partial charge in [0.25, 0.3) is 0 Å². The molecule has 2 N–H and O–H groups in total. The molecule has 1 saturated heterocycles. The lowest BCUT2D eigenvalue weighted by Crippen LogP contribution is -2.44. The fourth-order valence-corrected chi connectivity index (χ4v) is 2.93. The topological polar surface area (TPSA) is 89.9 Å². The summed E-state index contributed by atoms with van der Waals surface area (Å²) in [6.45, 7) is 4.74. The molecular formula is C18H25N3O4. The van der Waals surface area contributed by atoms with Gasteiger partial charge in [-0.3, -0.25) is 19.3 Å². The van der Waals surface area contributed by atoms with Gasteiger partial charge in [-0.1, -0.05) is 6.92 Å². The molecule has 7 nitrogen and oxygen atoms in total. The summed E-state index contributed by atoms with van der Waals surface area (Å²) in [6.07, 6.45) is 2.21. The Morgan fingerprint density at radius 2 is 2.00 bits per heavy atom. The summed E-state index contributed by atoms with van der Waals surface area (Å²) >= 11 is 0. The number of benzene rings is 1. The van der Waals surface area contributed by atoms with Crippen molar-refractivity contribution in [2.24, 2.45) is 0 Å². The third-order valence-corrected chi connectivity index (χ3v) is 4.30. The number of carbonyl (C=O) groups is 3. The molecule has 1 heterocycles. The fourth-order valence-electron chi connectivity index (χ4n) is 2.93. The highest BCUT2D eigenvalue weighted by molar-refractivity contribution is 5.97. The number of carboxylic acids is 1. The highest BCUT2D eigenvalue weighted by Crippen LogP contribution is 2.23. The highest BCUT2D eigenvalue weighted by Gasteiger charge is 2.24. The van der Waals surface area contributed by atoms with Crippen molar-refractivity contribution in [1.29, 1.82) is 0 Å². The molecule has 1 atom stereocenters. The van der Waals surface area contributed by atoms with Gasteiger partial charge in [0.2, 0.25) is 11.8 Å². The number of aliphatic carboxylic acids is 1. The summed E-state index contributed by atoms with van der Waals surface area (Å²) in [5.41, 5.74) is 1.45. The molecule has 0 bridgehead atoms. The Kier molecular flexibility index (Phi) is 6.52. The van der Waals surface area contributed by atoms with Crippen molar-refractivity contribution >= 4 is 29.2 Å². The van der Waals surface area contributed by atoms with Crippen LogP contribution < -0.4 is 10.2 Å². The molecule has 1 aliphatic heterocycles. The standard InChI is InChI=1S/C18H25N3O4/c1-3-10-20(12-17(23)24)13(2)18(25)19-14-6-8-15(9-7-14)21-11-4-5-16(21)22/h6-9,13H,3-5,10-12H2,1-2H3,(H,19,25)(H,23,24). The lowest BCUT2D eigenvalue weighted by Gasteiger charge is -2.26. The van der Waals surface area contributed by atoms with E-state index in [1.165, 1.54) is 0 Å². The van der Waals surface area contributed by atoms with Crippen LogP contribution in [0, 0.1) is 0 Å². The van der Waals surface area contributed by atoms with Crippen LogP contribution in [0.1, 0.15) is 33.1 Å². The van der Waals surface area contributed by atoms with Crippen LogP contribution in [0.25, 0.3) is 0 Å². The number of hydrogen-bond donors (Lipinski definition) is 2. The molecule has 1 aromatic carbocycles. The van der Waals surface area contributed by atoms with E-state index in [1.54, 1.807) is 28.9 Å². The molecule has 136 valence electrons. The number of rotatable bonds is 8. The van der Waals surface area contributed by atoms with Crippen molar-refractivity contribution in [3.63, 3.8) is 0 Å². The van der Waals surface area contributed by atoms with Crippen molar-refractivity contribution in [2.45, 2.75) is 39.2 Å². The van der Waals surface area contributed by atoms with Crippen LogP contribution in [0.3, 0.4) is 0 Å². The maximum absolute atomic E-state index is 12.4. The SMILES string of the molecule is CCCN(CC(=O)O)C(C)C(=O)Nc1ccc(N2CCCC2=O)cc1. The Labute approximate surface area is 147 Å². The third kappa shape index (κ3) is 5.03. The van der Waals surface area contributed by atoms with E-state index >= 15 is 0 Å². The quantitative estimate of drug-likeness (QED) is 0.750. The average molecular weight is 347 g/mol. The van der Waals surface area contributed by atoms with E-state index in [0.717, 1.165) is 25.1 Å². The van der Waals surface area contributed by atoms with Gasteiger partial charge in [-0.2, -0.15) is 0 Å². The van der Waals surface area contributed by atoms with Crippen LogP contribution in [0.2, 0.25) is 0 Å². The van der Waals surface area contributed by atoms with Crippen LogP contribution in [-0.2, 0) is 14.4 Å². The maximum atomic E-state index is 12.4. The Morgan fingerprint density at radius 3 is 2.52 bits per heavy atom. The molecule has 0 spiro atoms. The molecule has 0 radical (unpaired) electrons. The van der Waals surface area contributed by atoms with Crippen LogP contribution in [-0.4, -0.2) is 53.5 Å². The first kappa shape index (κ1) is 18.9. The predicted octanol–water partition coefficient (Wildman–Crippen LogP) is 1.94. The lowest BCUT2D eigenvalue weighted by atomic mass is 10.2. The van der Waals surface area contributed by atoms with Gasteiger partial charge in [0.15, 0.2) is 0 Å². The van der Waals surface area contributed by atoms with E-state index in [2.05, 4.69) is 5.32 Å². The van der Waals surface area contributed by atoms with Gasteiger partial charge in [0.1, 0.15) is 0 Å². The maximum Gasteiger partial charge on any atom is 0.317 e. The number of nitrogens with one attached hydrogen (secondary N) is 1. The molecule has 2 rings (SSSR count). The lowest BCUT2D eigenvalue weighted by molar-refractivity contribution is -0.139. The second kappa shape index (κ2) is 8.62. The number of carbonyl (C=O) groups excluding carboxylic acids is 2. The van der Waals surface area contributed by atoms with Crippen LogP contribution in [0.15, 0.2) is 24.3 Å². The number of hydrogen-bond acceptors (Lipinski definition) is 4. The summed E-state index contributed by atoms with van der Waals surface area (Å²) < 4.78 is 0. The summed E-state index contributed by atoms with van der Waals surface area (Å²) in [5, 5.41) is 11.8. The van der Waals surface area contributed by atoms with E-state index in [9.17, 15) is 14.4 Å². The number of amides is 2. The van der Waals surface area contributed by atoms with Gasteiger partial charge in [0, 0.05) is 24.3 Å². The summed E-state index contributed by atoms with van der Waals surface area (Å²) in [7, 11) is 0. The Bertz CT molecular complexity index is 630. The number of anilines is 2. The molecule has 1 unspecified atom stereocenters. The van der Waals surface area contributed by atoms with Crippen molar-refractivity contribution in [3.05, 3.63) is 24.3 Å². The molecule has 1 fully saturated rings. The first-order chi connectivity index (χ1) is 11.9. The second-order valence-electron chi connectivity index (χ2n) is 6.23. The van der Waals surface area contributed by atoms with E-state index in [-0.39, 0.29) is 18.4 Å². The first-order valence-corrected chi connectivity index (χ1v) is 8.59. The van der Waals surface area contributed by atoms with Gasteiger partial charge >= 0.3 is 5.97 Å². The predicted molar refractivity (Wildman–Crippen MR) is 95.6 cm³/mol. The zero-order valence-corrected chi connectivity index (χ0v) is 14.7. The molecule has 1 aliphatic rings. The number of carboxylic acid groups (broad SMARTS) is 1. The van der Waals surface area contributed by atoms with Gasteiger partial charge in [-0.25, -0.2) is 0 Å². The smallest absolute Gasteiger partial charge is 0.317 e. The normalized spacial score (nSPS) is 15.5. The Balaban J connectivity index is 1.99. The van der Waals surface area contributed by atoms with Crippen LogP contribution >= 0.6 is 0 Å². The van der Waals surface area contributed by atoms with Gasteiger partial charge in [-0.05, 0) is 50.6 Å². The average Bonchev–Trinajstić information content (AvgIpc) is 3.00. The van der Waals surface area contributed by atoms with E-state index in [0.29, 0.717) is 18.7 Å². The Hall–Kier alpha value is -2.41. The zero-order valence-electron chi connectivity index (χ0n) is 14.7. The van der Waals surface area contributed by atoms with Crippen LogP contribution in [0.5, 0.6) is 0 Å². The van der Waals surface area contributed by atoms with E-state index in [4.69, 9.17) is 5.11 Å². The second-order valence-corrected chi connectivity index (χ2v) is 6.23. The van der Waals surface area contributed by atoms with Gasteiger partial charge in [0.05, 0.1) is 12.6 Å². The Morgan fingerprint density at radius 1 is 1.32 bits per heavy atom. The molecule has 7 heteroatoms. The minimum absolute atomic E-state index is 0.120. The van der Waals surface area contributed by atoms with Crippen molar-refractivity contribution in [2.75, 3.05) is 29.9 Å². The fraction of sp³-hybridized carbons (Fsp3) is 0.500. The summed E-state index contributed by atoms with van der Waals surface area (Å²) in [5.74, 6) is -1.08. The monoisotopic (exact) mass is 347 g/mol. The van der Waals surface area contributed by atoms with Gasteiger partial charge in [-0.15, -0.1) is 0 Å². The third-order valence-electron chi connectivity index (χ3n) is 4.30. The van der Waals surface area contributed by atoms with Gasteiger partial charge < -0.3 is 15.3 Å². The molecule has 0 aromatic heterocycles. The van der Waals surface area contributed by atoms with Crippen molar-refractivity contribution < 1.29 is 19.5 Å². The molecule has 1 aromatic rings. The molecule has 0 aliphatic carbocycles. The van der Waals surface area contributed by atoms with E-state index in [1.807, 2.05) is 19.1 Å².